The zero-order valence-corrected chi connectivity index (χ0v) is 18.3. The summed E-state index contributed by atoms with van der Waals surface area (Å²) >= 11 is 0. The molecule has 2 N–H and O–H groups in total. The van der Waals surface area contributed by atoms with Gasteiger partial charge in [-0.3, -0.25) is 0 Å². The van der Waals surface area contributed by atoms with Gasteiger partial charge in [0.25, 0.3) is 0 Å². The third-order valence-electron chi connectivity index (χ3n) is 5.93. The number of hydrogen-bond donors (Lipinski definition) is 2. The minimum Gasteiger partial charge on any atom is -0.489 e. The van der Waals surface area contributed by atoms with Gasteiger partial charge in [-0.05, 0) is 89.9 Å². The molecule has 0 unspecified atom stereocenters. The summed E-state index contributed by atoms with van der Waals surface area (Å²) in [5, 5.41) is 20.1. The van der Waals surface area contributed by atoms with E-state index in [1.165, 1.54) is 5.56 Å². The van der Waals surface area contributed by atoms with Crippen molar-refractivity contribution in [1.29, 1.82) is 0 Å². The Morgan fingerprint density at radius 3 is 2.33 bits per heavy atom. The summed E-state index contributed by atoms with van der Waals surface area (Å²) in [6.45, 7) is 8.64. The topological polar surface area (TPSA) is 49.7 Å². The maximum atomic E-state index is 10.9. The van der Waals surface area contributed by atoms with E-state index in [-0.39, 0.29) is 6.61 Å². The molecular weight excluding hydrogens is 372 g/mol. The van der Waals surface area contributed by atoms with E-state index >= 15 is 0 Å². The molecule has 0 aliphatic carbocycles. The zero-order chi connectivity index (χ0) is 21.7. The molecule has 3 heteroatoms. The molecule has 0 atom stereocenters. The Bertz CT molecular complexity index is 1000. The lowest BCUT2D eigenvalue weighted by atomic mass is 9.85. The smallest absolute Gasteiger partial charge is 0.120 e. The highest BCUT2D eigenvalue weighted by atomic mass is 16.5. The van der Waals surface area contributed by atoms with Crippen molar-refractivity contribution in [1.82, 2.24) is 0 Å². The van der Waals surface area contributed by atoms with E-state index < -0.39 is 5.60 Å². The van der Waals surface area contributed by atoms with Gasteiger partial charge in [0.2, 0.25) is 0 Å². The molecule has 3 aromatic rings. The first-order chi connectivity index (χ1) is 14.4. The maximum absolute atomic E-state index is 10.9. The number of aliphatic hydroxyl groups is 2. The average molecular weight is 404 g/mol. The summed E-state index contributed by atoms with van der Waals surface area (Å²) in [5.74, 6) is 0.802. The molecule has 3 aromatic carbocycles. The fourth-order valence-electron chi connectivity index (χ4n) is 3.81. The Morgan fingerprint density at radius 2 is 1.67 bits per heavy atom. The Balaban J connectivity index is 1.86. The Kier molecular flexibility index (Phi) is 6.96. The number of rotatable bonds is 8. The molecule has 0 fully saturated rings. The molecule has 0 saturated carbocycles. The first-order valence-corrected chi connectivity index (χ1v) is 10.6. The van der Waals surface area contributed by atoms with Crippen LogP contribution in [0, 0.1) is 19.9 Å². The normalized spacial score (nSPS) is 11.5. The largest absolute Gasteiger partial charge is 0.489 e. The van der Waals surface area contributed by atoms with Crippen LogP contribution in [0.3, 0.4) is 0 Å². The number of hydrogen-bond acceptors (Lipinski definition) is 3. The minimum absolute atomic E-state index is 0.0248. The first kappa shape index (κ1) is 22.1. The molecule has 0 aliphatic heterocycles. The van der Waals surface area contributed by atoms with E-state index in [1.54, 1.807) is 0 Å². The molecule has 30 heavy (non-hydrogen) atoms. The molecule has 0 spiro atoms. The summed E-state index contributed by atoms with van der Waals surface area (Å²) < 4.78 is 6.03. The molecule has 1 radical (unpaired) electrons. The van der Waals surface area contributed by atoms with Crippen molar-refractivity contribution in [2.24, 2.45) is 0 Å². The van der Waals surface area contributed by atoms with E-state index in [2.05, 4.69) is 44.2 Å². The van der Waals surface area contributed by atoms with Crippen LogP contribution in [0.15, 0.2) is 54.6 Å². The minimum atomic E-state index is -0.774. The highest BCUT2D eigenvalue weighted by Crippen LogP contribution is 2.35. The maximum Gasteiger partial charge on any atom is 0.120 e. The van der Waals surface area contributed by atoms with Crippen LogP contribution in [-0.4, -0.2) is 10.2 Å². The summed E-state index contributed by atoms with van der Waals surface area (Å²) in [5.41, 5.74) is 6.55. The van der Waals surface area contributed by atoms with E-state index in [9.17, 15) is 10.2 Å². The van der Waals surface area contributed by atoms with E-state index in [1.807, 2.05) is 44.2 Å². The van der Waals surface area contributed by atoms with Crippen molar-refractivity contribution >= 4 is 0 Å². The van der Waals surface area contributed by atoms with E-state index in [0.717, 1.165) is 39.1 Å². The predicted molar refractivity (Wildman–Crippen MR) is 121 cm³/mol. The fourth-order valence-corrected chi connectivity index (χ4v) is 3.81. The van der Waals surface area contributed by atoms with Crippen LogP contribution >= 0.6 is 0 Å². The molecule has 0 saturated heterocycles. The Labute approximate surface area is 180 Å². The summed E-state index contributed by atoms with van der Waals surface area (Å²) in [6.07, 6.45) is 1.39. The fraction of sp³-hybridized carbons (Fsp3) is 0.333. The van der Waals surface area contributed by atoms with Gasteiger partial charge < -0.3 is 14.9 Å². The second-order valence-electron chi connectivity index (χ2n) is 7.91. The average Bonchev–Trinajstić information content (AvgIpc) is 2.78. The molecule has 3 nitrogen and oxygen atoms in total. The Hall–Kier alpha value is -2.62. The van der Waals surface area contributed by atoms with Gasteiger partial charge >= 0.3 is 0 Å². The van der Waals surface area contributed by atoms with Crippen LogP contribution in [0.4, 0.5) is 0 Å². The van der Waals surface area contributed by atoms with Crippen molar-refractivity contribution in [3.05, 3.63) is 88.5 Å². The lowest BCUT2D eigenvalue weighted by Crippen LogP contribution is -2.23. The monoisotopic (exact) mass is 403 g/mol. The van der Waals surface area contributed by atoms with Crippen LogP contribution in [0.1, 0.15) is 54.5 Å². The molecule has 0 bridgehead atoms. The van der Waals surface area contributed by atoms with Gasteiger partial charge in [-0.15, -0.1) is 0 Å². The van der Waals surface area contributed by atoms with E-state index in [0.29, 0.717) is 19.4 Å². The van der Waals surface area contributed by atoms with Gasteiger partial charge in [0.15, 0.2) is 0 Å². The van der Waals surface area contributed by atoms with Gasteiger partial charge in [0.1, 0.15) is 12.4 Å². The molecule has 0 aromatic heterocycles. The van der Waals surface area contributed by atoms with Gasteiger partial charge in [-0.1, -0.05) is 50.2 Å². The number of aryl methyl sites for hydroxylation is 2. The van der Waals surface area contributed by atoms with Crippen LogP contribution < -0.4 is 4.74 Å². The second-order valence-corrected chi connectivity index (χ2v) is 7.91. The first-order valence-electron chi connectivity index (χ1n) is 10.6. The second kappa shape index (κ2) is 9.46. The van der Waals surface area contributed by atoms with Crippen molar-refractivity contribution < 1.29 is 14.9 Å². The predicted octanol–water partition coefficient (Wildman–Crippen LogP) is 5.85. The van der Waals surface area contributed by atoms with E-state index in [4.69, 9.17) is 4.74 Å². The van der Waals surface area contributed by atoms with Crippen molar-refractivity contribution in [3.8, 4) is 16.9 Å². The summed E-state index contributed by atoms with van der Waals surface area (Å²) in [6, 6.07) is 21.0. The number of benzene rings is 3. The van der Waals surface area contributed by atoms with Crippen LogP contribution in [0.25, 0.3) is 11.1 Å². The summed E-state index contributed by atoms with van der Waals surface area (Å²) in [4.78, 5) is 0. The highest BCUT2D eigenvalue weighted by molar-refractivity contribution is 5.72. The summed E-state index contributed by atoms with van der Waals surface area (Å²) in [7, 11) is 0. The van der Waals surface area contributed by atoms with Crippen molar-refractivity contribution in [2.75, 3.05) is 0 Å². The molecular formula is C27H31O3. The van der Waals surface area contributed by atoms with Gasteiger partial charge in [-0.25, -0.2) is 0 Å². The number of aliphatic hydroxyl groups excluding tert-OH is 1. The molecule has 0 heterocycles. The van der Waals surface area contributed by atoms with Crippen LogP contribution in [0.2, 0.25) is 0 Å². The van der Waals surface area contributed by atoms with Crippen LogP contribution in [-0.2, 0) is 18.8 Å². The van der Waals surface area contributed by atoms with Gasteiger partial charge in [0, 0.05) is 0 Å². The third kappa shape index (κ3) is 4.75. The van der Waals surface area contributed by atoms with Gasteiger partial charge in [0.05, 0.1) is 12.2 Å². The molecule has 0 amide bonds. The lowest BCUT2D eigenvalue weighted by molar-refractivity contribution is 0.0283. The number of ether oxygens (including phenoxy) is 1. The Morgan fingerprint density at radius 1 is 0.900 bits per heavy atom. The SMILES string of the molecule is CCC(O)(CC)c1ccc(-c2cc(OCc3cc[c]c(CO)c3)ccc2C)c(C)c1. The lowest BCUT2D eigenvalue weighted by Gasteiger charge is -2.27. The van der Waals surface area contributed by atoms with Crippen LogP contribution in [0.5, 0.6) is 5.75 Å². The van der Waals surface area contributed by atoms with Gasteiger partial charge in [-0.2, -0.15) is 0 Å². The quantitative estimate of drug-likeness (QED) is 0.496. The zero-order valence-electron chi connectivity index (χ0n) is 18.3. The standard InChI is InChI=1S/C27H31O3/c1-5-27(29,6-2)23-11-13-25(20(4)14-23)26-16-24(12-10-19(26)3)30-18-22-9-7-8-21(15-22)17-28/h7,9-16,28-29H,5-6,17-18H2,1-4H3. The molecule has 3 rings (SSSR count). The highest BCUT2D eigenvalue weighted by Gasteiger charge is 2.25. The molecule has 157 valence electrons. The van der Waals surface area contributed by atoms with Crippen molar-refractivity contribution in [2.45, 2.75) is 59.4 Å². The van der Waals surface area contributed by atoms with Crippen molar-refractivity contribution in [3.63, 3.8) is 0 Å². The third-order valence-corrected chi connectivity index (χ3v) is 5.93. The molecule has 0 aliphatic rings.